The molecule has 0 aliphatic carbocycles. The third-order valence-corrected chi connectivity index (χ3v) is 1.30. The van der Waals surface area contributed by atoms with Crippen LogP contribution in [0.4, 0.5) is 13.2 Å². The zero-order valence-corrected chi connectivity index (χ0v) is 7.39. The molecule has 0 aromatic heterocycles. The average Bonchev–Trinajstić information content (AvgIpc) is 2.06. The number of alkyl halides is 3. The summed E-state index contributed by atoms with van der Waals surface area (Å²) in [5, 5.41) is 0. The summed E-state index contributed by atoms with van der Waals surface area (Å²) in [4.78, 5) is 0. The van der Waals surface area contributed by atoms with Gasteiger partial charge in [0.2, 0.25) is 0 Å². The molecule has 0 aliphatic rings. The summed E-state index contributed by atoms with van der Waals surface area (Å²) in [5.74, 6) is -0.408. The highest BCUT2D eigenvalue weighted by molar-refractivity contribution is 5.38. The Morgan fingerprint density at radius 3 is 2.71 bits per heavy atom. The Hall–Kier alpha value is -1.39. The summed E-state index contributed by atoms with van der Waals surface area (Å²) in [6, 6.07) is 6.55. The quantitative estimate of drug-likeness (QED) is 0.755. The third kappa shape index (κ3) is 3.16. The maximum atomic E-state index is 11.9. The second-order valence-corrected chi connectivity index (χ2v) is 2.34. The van der Waals surface area contributed by atoms with Crippen LogP contribution < -0.4 is 9.47 Å². The molecule has 1 rings (SSSR count). The van der Waals surface area contributed by atoms with Crippen LogP contribution >= 0.6 is 0 Å². The molecule has 1 radical (unpaired) electrons. The SMILES string of the molecule is CCOc1ccc[c]c1OC(F)(F)F. The molecular weight excluding hydrogens is 197 g/mol. The van der Waals surface area contributed by atoms with Gasteiger partial charge in [-0.25, -0.2) is 0 Å². The number of hydrogen-bond acceptors (Lipinski definition) is 2. The largest absolute Gasteiger partial charge is 0.573 e. The Morgan fingerprint density at radius 1 is 1.43 bits per heavy atom. The zero-order chi connectivity index (χ0) is 10.6. The molecule has 0 N–H and O–H groups in total. The van der Waals surface area contributed by atoms with E-state index in [1.54, 1.807) is 6.92 Å². The van der Waals surface area contributed by atoms with E-state index in [2.05, 4.69) is 10.8 Å². The molecule has 0 saturated heterocycles. The van der Waals surface area contributed by atoms with Gasteiger partial charge in [0.15, 0.2) is 11.5 Å². The predicted octanol–water partition coefficient (Wildman–Crippen LogP) is 2.78. The second-order valence-electron chi connectivity index (χ2n) is 2.34. The maximum absolute atomic E-state index is 11.9. The summed E-state index contributed by atoms with van der Waals surface area (Å²) >= 11 is 0. The van der Waals surface area contributed by atoms with Gasteiger partial charge in [0.1, 0.15) is 0 Å². The highest BCUT2D eigenvalue weighted by atomic mass is 19.4. The van der Waals surface area contributed by atoms with E-state index >= 15 is 0 Å². The molecule has 2 nitrogen and oxygen atoms in total. The summed E-state index contributed by atoms with van der Waals surface area (Å²) < 4.78 is 44.2. The molecule has 0 bridgehead atoms. The molecule has 1 aromatic rings. The van der Waals surface area contributed by atoms with Crippen LogP contribution in [0.25, 0.3) is 0 Å². The van der Waals surface area contributed by atoms with Crippen molar-refractivity contribution in [3.8, 4) is 11.5 Å². The molecule has 0 saturated carbocycles. The zero-order valence-electron chi connectivity index (χ0n) is 7.39. The summed E-state index contributed by atoms with van der Waals surface area (Å²) in [5.41, 5.74) is 0. The fourth-order valence-electron chi connectivity index (χ4n) is 0.871. The molecule has 1 aromatic carbocycles. The van der Waals surface area contributed by atoms with Crippen molar-refractivity contribution >= 4 is 0 Å². The highest BCUT2D eigenvalue weighted by Gasteiger charge is 2.32. The minimum Gasteiger partial charge on any atom is -0.490 e. The van der Waals surface area contributed by atoms with Gasteiger partial charge in [0.05, 0.1) is 6.61 Å². The van der Waals surface area contributed by atoms with Crippen LogP contribution in [0.1, 0.15) is 6.92 Å². The van der Waals surface area contributed by atoms with Gasteiger partial charge < -0.3 is 9.47 Å². The number of rotatable bonds is 3. The first kappa shape index (κ1) is 10.7. The fraction of sp³-hybridized carbons (Fsp3) is 0.333. The van der Waals surface area contributed by atoms with Crippen LogP contribution in [0, 0.1) is 6.07 Å². The lowest BCUT2D eigenvalue weighted by Gasteiger charge is -2.12. The van der Waals surface area contributed by atoms with E-state index in [9.17, 15) is 13.2 Å². The van der Waals surface area contributed by atoms with E-state index in [-0.39, 0.29) is 12.4 Å². The van der Waals surface area contributed by atoms with E-state index in [1.807, 2.05) is 0 Å². The molecule has 14 heavy (non-hydrogen) atoms. The van der Waals surface area contributed by atoms with Crippen LogP contribution in [0.2, 0.25) is 0 Å². The first-order valence-electron chi connectivity index (χ1n) is 3.92. The van der Waals surface area contributed by atoms with Crippen LogP contribution in [-0.4, -0.2) is 13.0 Å². The van der Waals surface area contributed by atoms with Gasteiger partial charge in [0, 0.05) is 6.07 Å². The number of halogens is 3. The van der Waals surface area contributed by atoms with Gasteiger partial charge in [-0.3, -0.25) is 0 Å². The van der Waals surface area contributed by atoms with E-state index in [0.29, 0.717) is 0 Å². The second kappa shape index (κ2) is 4.21. The molecule has 5 heteroatoms. The lowest BCUT2D eigenvalue weighted by Crippen LogP contribution is -2.17. The Morgan fingerprint density at radius 2 is 2.14 bits per heavy atom. The van der Waals surface area contributed by atoms with Crippen molar-refractivity contribution in [2.24, 2.45) is 0 Å². The molecule has 0 unspecified atom stereocenters. The Bertz CT molecular complexity index is 296. The Kier molecular flexibility index (Phi) is 3.22. The molecular formula is C9H8F3O2. The lowest BCUT2D eigenvalue weighted by atomic mass is 10.3. The van der Waals surface area contributed by atoms with Crippen LogP contribution in [-0.2, 0) is 0 Å². The van der Waals surface area contributed by atoms with E-state index in [4.69, 9.17) is 4.74 Å². The molecule has 0 fully saturated rings. The van der Waals surface area contributed by atoms with Gasteiger partial charge in [-0.05, 0) is 13.0 Å². The molecule has 0 atom stereocenters. The molecule has 77 valence electrons. The summed E-state index contributed by atoms with van der Waals surface area (Å²) in [7, 11) is 0. The molecule has 0 heterocycles. The normalized spacial score (nSPS) is 11.1. The van der Waals surface area contributed by atoms with Gasteiger partial charge in [-0.1, -0.05) is 12.1 Å². The van der Waals surface area contributed by atoms with Crippen molar-refractivity contribution in [2.45, 2.75) is 13.3 Å². The van der Waals surface area contributed by atoms with E-state index in [1.165, 1.54) is 18.2 Å². The predicted molar refractivity (Wildman–Crippen MR) is 43.1 cm³/mol. The monoisotopic (exact) mass is 205 g/mol. The number of para-hydroxylation sites is 1. The van der Waals surface area contributed by atoms with E-state index in [0.717, 1.165) is 0 Å². The Labute approximate surface area is 79.2 Å². The van der Waals surface area contributed by atoms with Crippen molar-refractivity contribution in [1.82, 2.24) is 0 Å². The lowest BCUT2D eigenvalue weighted by molar-refractivity contribution is -0.275. The van der Waals surface area contributed by atoms with Crippen molar-refractivity contribution < 1.29 is 22.6 Å². The van der Waals surface area contributed by atoms with Crippen molar-refractivity contribution in [1.29, 1.82) is 0 Å². The minimum atomic E-state index is -4.72. The van der Waals surface area contributed by atoms with Crippen LogP contribution in [0.15, 0.2) is 18.2 Å². The number of hydrogen-bond donors (Lipinski definition) is 0. The first-order chi connectivity index (χ1) is 6.53. The summed E-state index contributed by atoms with van der Waals surface area (Å²) in [6.07, 6.45) is -4.72. The average molecular weight is 205 g/mol. The minimum absolute atomic E-state index is 0.0346. The van der Waals surface area contributed by atoms with Crippen molar-refractivity contribution in [3.05, 3.63) is 24.3 Å². The summed E-state index contributed by atoms with van der Waals surface area (Å²) in [6.45, 7) is 1.94. The number of ether oxygens (including phenoxy) is 2. The van der Waals surface area contributed by atoms with Gasteiger partial charge in [0.25, 0.3) is 0 Å². The van der Waals surface area contributed by atoms with Gasteiger partial charge in [-0.2, -0.15) is 0 Å². The standard InChI is InChI=1S/C9H8F3O2/c1-2-13-7-5-3-4-6-8(7)14-9(10,11)12/h3-5H,2H2,1H3. The smallest absolute Gasteiger partial charge is 0.490 e. The first-order valence-corrected chi connectivity index (χ1v) is 3.92. The van der Waals surface area contributed by atoms with Crippen molar-refractivity contribution in [2.75, 3.05) is 6.61 Å². The maximum Gasteiger partial charge on any atom is 0.573 e. The van der Waals surface area contributed by atoms with Crippen molar-refractivity contribution in [3.63, 3.8) is 0 Å². The van der Waals surface area contributed by atoms with Gasteiger partial charge in [-0.15, -0.1) is 13.2 Å². The van der Waals surface area contributed by atoms with Gasteiger partial charge >= 0.3 is 6.36 Å². The Balaban J connectivity index is 2.84. The van der Waals surface area contributed by atoms with Crippen LogP contribution in [0.3, 0.4) is 0 Å². The molecule has 0 amide bonds. The van der Waals surface area contributed by atoms with Crippen LogP contribution in [0.5, 0.6) is 11.5 Å². The molecule has 0 aliphatic heterocycles. The fourth-order valence-corrected chi connectivity index (χ4v) is 0.871. The topological polar surface area (TPSA) is 18.5 Å². The van der Waals surface area contributed by atoms with E-state index < -0.39 is 12.1 Å². The third-order valence-electron chi connectivity index (χ3n) is 1.30. The highest BCUT2D eigenvalue weighted by Crippen LogP contribution is 2.30. The molecule has 0 spiro atoms. The number of benzene rings is 1.